The van der Waals surface area contributed by atoms with Crippen molar-refractivity contribution in [2.45, 2.75) is 39.7 Å². The van der Waals surface area contributed by atoms with Crippen LogP contribution in [0.3, 0.4) is 0 Å². The predicted octanol–water partition coefficient (Wildman–Crippen LogP) is 4.80. The van der Waals surface area contributed by atoms with E-state index in [4.69, 9.17) is 9.47 Å². The molecule has 3 rings (SSSR count). The summed E-state index contributed by atoms with van der Waals surface area (Å²) in [5.74, 6) is 1.76. The van der Waals surface area contributed by atoms with E-state index in [0.29, 0.717) is 11.5 Å². The number of methoxy groups -OCH3 is 1. The number of aryl methyl sites for hydroxylation is 1. The van der Waals surface area contributed by atoms with Gasteiger partial charge in [0.05, 0.1) is 19.0 Å². The molecule has 5 nitrogen and oxygen atoms in total. The largest absolute Gasteiger partial charge is 0.496 e. The number of hydrogen-bond donors (Lipinski definition) is 1. The monoisotopic (exact) mass is 369 g/mol. The van der Waals surface area contributed by atoms with E-state index in [1.807, 2.05) is 12.1 Å². The van der Waals surface area contributed by atoms with Crippen molar-refractivity contribution >= 4 is 0 Å². The first-order valence-electron chi connectivity index (χ1n) is 8.75. The smallest absolute Gasteiger partial charge is 0.148 e. The topological polar surface area (TPSA) is 60.0 Å². The highest BCUT2D eigenvalue weighted by molar-refractivity contribution is 5.68. The van der Waals surface area contributed by atoms with Crippen LogP contribution >= 0.6 is 0 Å². The van der Waals surface area contributed by atoms with E-state index < -0.39 is 0 Å². The van der Waals surface area contributed by atoms with Crippen LogP contribution in [0.2, 0.25) is 0 Å². The number of H-pyrrole nitrogens is 1. The number of ether oxygens (including phenoxy) is 2. The number of nitrogens with zero attached hydrogens (tertiary/aromatic N) is 2. The number of rotatable bonds is 5. The van der Waals surface area contributed by atoms with Crippen molar-refractivity contribution in [2.75, 3.05) is 7.11 Å². The van der Waals surface area contributed by atoms with Crippen LogP contribution in [0, 0.1) is 12.7 Å². The average molecular weight is 369 g/mol. The van der Waals surface area contributed by atoms with Gasteiger partial charge in [0.2, 0.25) is 0 Å². The summed E-state index contributed by atoms with van der Waals surface area (Å²) in [4.78, 5) is 11.9. The number of benzene rings is 1. The molecule has 2 aromatic heterocycles. The van der Waals surface area contributed by atoms with Crippen LogP contribution in [0.1, 0.15) is 37.9 Å². The summed E-state index contributed by atoms with van der Waals surface area (Å²) < 4.78 is 25.1. The Morgan fingerprint density at radius 3 is 2.52 bits per heavy atom. The molecule has 6 heteroatoms. The van der Waals surface area contributed by atoms with Crippen LogP contribution < -0.4 is 9.47 Å². The molecule has 3 aromatic rings. The molecule has 0 amide bonds. The normalized spacial score (nSPS) is 11.5. The van der Waals surface area contributed by atoms with Gasteiger partial charge < -0.3 is 14.5 Å². The van der Waals surface area contributed by atoms with Crippen LogP contribution in [0.5, 0.6) is 11.5 Å². The van der Waals surface area contributed by atoms with Gasteiger partial charge in [0.15, 0.2) is 0 Å². The van der Waals surface area contributed by atoms with Crippen molar-refractivity contribution in [2.24, 2.45) is 0 Å². The van der Waals surface area contributed by atoms with E-state index >= 15 is 0 Å². The van der Waals surface area contributed by atoms with Gasteiger partial charge in [0.25, 0.3) is 0 Å². The fourth-order valence-electron chi connectivity index (χ4n) is 2.64. The first-order valence-corrected chi connectivity index (χ1v) is 8.75. The van der Waals surface area contributed by atoms with E-state index in [9.17, 15) is 4.39 Å². The van der Waals surface area contributed by atoms with Gasteiger partial charge in [0.1, 0.15) is 35.4 Å². The fourth-order valence-corrected chi connectivity index (χ4v) is 2.64. The van der Waals surface area contributed by atoms with E-state index in [1.165, 1.54) is 6.07 Å². The second-order valence-corrected chi connectivity index (χ2v) is 7.49. The zero-order valence-corrected chi connectivity index (χ0v) is 16.3. The molecular weight excluding hydrogens is 345 g/mol. The third kappa shape index (κ3) is 4.27. The molecule has 1 N–H and O–H groups in total. The lowest BCUT2D eigenvalue weighted by atomic mass is 9.96. The van der Waals surface area contributed by atoms with E-state index in [0.717, 1.165) is 22.6 Å². The Labute approximate surface area is 158 Å². The number of hydrogen-bond acceptors (Lipinski definition) is 4. The minimum Gasteiger partial charge on any atom is -0.496 e. The van der Waals surface area contributed by atoms with E-state index in [1.54, 1.807) is 32.5 Å². The maximum absolute atomic E-state index is 13.9. The summed E-state index contributed by atoms with van der Waals surface area (Å²) in [5.41, 5.74) is 2.73. The first-order chi connectivity index (χ1) is 12.8. The third-order valence-corrected chi connectivity index (χ3v) is 4.18. The summed E-state index contributed by atoms with van der Waals surface area (Å²) in [6, 6.07) is 6.94. The Morgan fingerprint density at radius 1 is 1.11 bits per heavy atom. The molecule has 142 valence electrons. The Hall–Kier alpha value is -2.89. The van der Waals surface area contributed by atoms with Crippen LogP contribution in [0.25, 0.3) is 11.3 Å². The Bertz CT molecular complexity index is 945. The number of nitrogens with one attached hydrogen (secondary N) is 1. The minimum atomic E-state index is -0.370. The standard InChI is InChI=1S/C21H24FN3O2/c1-13-8-16(22)18(23-10-13)12-27-14-6-7-15(19(9-14)26-5)17-11-24-20(25-17)21(2,3)4/h6-11H,12H2,1-5H3,(H,24,25). The lowest BCUT2D eigenvalue weighted by Gasteiger charge is -2.14. The highest BCUT2D eigenvalue weighted by Gasteiger charge is 2.19. The van der Waals surface area contributed by atoms with E-state index in [-0.39, 0.29) is 23.5 Å². The summed E-state index contributed by atoms with van der Waals surface area (Å²) in [6.07, 6.45) is 3.42. The van der Waals surface area contributed by atoms with Gasteiger partial charge in [-0.2, -0.15) is 0 Å². The van der Waals surface area contributed by atoms with Crippen molar-refractivity contribution < 1.29 is 13.9 Å². The number of imidazole rings is 1. The first kappa shape index (κ1) is 18.9. The summed E-state index contributed by atoms with van der Waals surface area (Å²) in [6.45, 7) is 8.14. The molecule has 0 aliphatic rings. The Kier molecular flexibility index (Phi) is 5.17. The zero-order valence-electron chi connectivity index (χ0n) is 16.3. The molecule has 1 aromatic carbocycles. The molecule has 0 fully saturated rings. The molecule has 0 radical (unpaired) electrons. The van der Waals surface area contributed by atoms with Crippen LogP contribution in [-0.4, -0.2) is 22.1 Å². The number of pyridine rings is 1. The van der Waals surface area contributed by atoms with Gasteiger partial charge in [-0.25, -0.2) is 9.37 Å². The summed E-state index contributed by atoms with van der Waals surface area (Å²) in [7, 11) is 1.60. The maximum Gasteiger partial charge on any atom is 0.148 e. The lowest BCUT2D eigenvalue weighted by Crippen LogP contribution is -2.13. The molecule has 0 bridgehead atoms. The second-order valence-electron chi connectivity index (χ2n) is 7.49. The average Bonchev–Trinajstić information content (AvgIpc) is 3.11. The predicted molar refractivity (Wildman–Crippen MR) is 103 cm³/mol. The second kappa shape index (κ2) is 7.39. The molecule has 0 saturated heterocycles. The molecule has 0 aliphatic carbocycles. The maximum atomic E-state index is 13.9. The molecule has 0 spiro atoms. The summed E-state index contributed by atoms with van der Waals surface area (Å²) in [5, 5.41) is 0. The highest BCUT2D eigenvalue weighted by Crippen LogP contribution is 2.33. The van der Waals surface area contributed by atoms with Gasteiger partial charge in [-0.1, -0.05) is 20.8 Å². The summed E-state index contributed by atoms with van der Waals surface area (Å²) >= 11 is 0. The zero-order chi connectivity index (χ0) is 19.6. The SMILES string of the molecule is COc1cc(OCc2ncc(C)cc2F)ccc1-c1cnc(C(C)(C)C)[nH]1. The molecule has 0 saturated carbocycles. The molecule has 0 aliphatic heterocycles. The highest BCUT2D eigenvalue weighted by atomic mass is 19.1. The molecule has 0 atom stereocenters. The minimum absolute atomic E-state index is 0.0485. The third-order valence-electron chi connectivity index (χ3n) is 4.18. The molecular formula is C21H24FN3O2. The lowest BCUT2D eigenvalue weighted by molar-refractivity contribution is 0.292. The van der Waals surface area contributed by atoms with Crippen molar-refractivity contribution in [3.8, 4) is 22.8 Å². The number of aromatic amines is 1. The Morgan fingerprint density at radius 2 is 1.89 bits per heavy atom. The van der Waals surface area contributed by atoms with Crippen LogP contribution in [-0.2, 0) is 12.0 Å². The van der Waals surface area contributed by atoms with Gasteiger partial charge in [-0.15, -0.1) is 0 Å². The quantitative estimate of drug-likeness (QED) is 0.701. The molecule has 2 heterocycles. The van der Waals surface area contributed by atoms with Crippen molar-refractivity contribution in [1.29, 1.82) is 0 Å². The molecule has 0 unspecified atom stereocenters. The van der Waals surface area contributed by atoms with Gasteiger partial charge in [0, 0.05) is 23.2 Å². The van der Waals surface area contributed by atoms with Crippen LogP contribution in [0.4, 0.5) is 4.39 Å². The van der Waals surface area contributed by atoms with E-state index in [2.05, 4.69) is 35.7 Å². The number of aromatic nitrogens is 3. The Balaban J connectivity index is 1.81. The van der Waals surface area contributed by atoms with Crippen LogP contribution in [0.15, 0.2) is 36.7 Å². The van der Waals surface area contributed by atoms with Gasteiger partial charge >= 0.3 is 0 Å². The van der Waals surface area contributed by atoms with Gasteiger partial charge in [-0.05, 0) is 30.7 Å². The number of halogens is 1. The van der Waals surface area contributed by atoms with Gasteiger partial charge in [-0.3, -0.25) is 4.98 Å². The molecule has 27 heavy (non-hydrogen) atoms. The van der Waals surface area contributed by atoms with Crippen molar-refractivity contribution in [1.82, 2.24) is 15.0 Å². The van der Waals surface area contributed by atoms with Crippen molar-refractivity contribution in [3.05, 3.63) is 59.6 Å². The fraction of sp³-hybridized carbons (Fsp3) is 0.333. The van der Waals surface area contributed by atoms with Crippen molar-refractivity contribution in [3.63, 3.8) is 0 Å².